The number of methoxy groups -OCH3 is 1. The van der Waals surface area contributed by atoms with Crippen LogP contribution in [0, 0.1) is 12.3 Å². The summed E-state index contributed by atoms with van der Waals surface area (Å²) in [7, 11) is 1.62. The summed E-state index contributed by atoms with van der Waals surface area (Å²) in [5, 5.41) is 9.54. The molecule has 0 radical (unpaired) electrons. The van der Waals surface area contributed by atoms with E-state index in [4.69, 9.17) is 9.47 Å². The molecule has 0 unspecified atom stereocenters. The van der Waals surface area contributed by atoms with Gasteiger partial charge in [0.2, 0.25) is 5.88 Å². The SMILES string of the molecule is CCC1=C(c2ncc(-c3ccc(OC)cc3)[nH]2)C(F)=CC(c2cnc(OCC3(C(=O)O)CCC3)cc2C)=CC1. The van der Waals surface area contributed by atoms with Crippen LogP contribution in [0.4, 0.5) is 4.39 Å². The molecule has 39 heavy (non-hydrogen) atoms. The fourth-order valence-electron chi connectivity index (χ4n) is 5.07. The maximum absolute atomic E-state index is 15.8. The maximum atomic E-state index is 15.8. The van der Waals surface area contributed by atoms with E-state index in [0.717, 1.165) is 45.7 Å². The van der Waals surface area contributed by atoms with E-state index in [1.807, 2.05) is 44.2 Å². The van der Waals surface area contributed by atoms with Gasteiger partial charge >= 0.3 is 5.97 Å². The minimum absolute atomic E-state index is 0.0974. The molecule has 2 N–H and O–H groups in total. The van der Waals surface area contributed by atoms with Gasteiger partial charge in [0.05, 0.1) is 24.6 Å². The number of carboxylic acids is 1. The number of H-pyrrole nitrogens is 1. The third-order valence-corrected chi connectivity index (χ3v) is 7.74. The molecule has 2 heterocycles. The highest BCUT2D eigenvalue weighted by Crippen LogP contribution is 2.42. The van der Waals surface area contributed by atoms with Crippen LogP contribution in [0.15, 0.2) is 66.3 Å². The van der Waals surface area contributed by atoms with Crippen LogP contribution in [0.1, 0.15) is 56.0 Å². The van der Waals surface area contributed by atoms with Crippen molar-refractivity contribution in [3.05, 3.63) is 83.2 Å². The Morgan fingerprint density at radius 1 is 1.18 bits per heavy atom. The highest BCUT2D eigenvalue weighted by atomic mass is 19.1. The number of aromatic amines is 1. The number of carbonyl (C=O) groups is 1. The van der Waals surface area contributed by atoms with Gasteiger partial charge in [0.25, 0.3) is 0 Å². The second-order valence-electron chi connectivity index (χ2n) is 10.1. The van der Waals surface area contributed by atoms with Crippen molar-refractivity contribution in [3.63, 3.8) is 0 Å². The number of nitrogens with zero attached hydrogens (tertiary/aromatic N) is 2. The third kappa shape index (κ3) is 5.24. The number of hydrogen-bond donors (Lipinski definition) is 2. The first-order valence-corrected chi connectivity index (χ1v) is 13.2. The van der Waals surface area contributed by atoms with E-state index in [0.29, 0.717) is 43.0 Å². The van der Waals surface area contributed by atoms with Crippen LogP contribution in [0.25, 0.3) is 22.4 Å². The number of benzene rings is 1. The molecule has 202 valence electrons. The average Bonchev–Trinajstić information content (AvgIpc) is 3.32. The second kappa shape index (κ2) is 10.9. The Bertz CT molecular complexity index is 1480. The number of aliphatic carboxylic acids is 1. The standard InChI is InChI=1S/C31H32FN3O4/c1-4-20-6-7-22(24-16-33-27(14-19(24)2)39-18-31(30(36)37)12-5-13-31)15-25(32)28(20)29-34-17-26(35-29)21-8-10-23(38-3)11-9-21/h7-11,14-17H,4-6,12-13,18H2,1-3H3,(H,34,35)(H,36,37). The summed E-state index contributed by atoms with van der Waals surface area (Å²) >= 11 is 0. The highest BCUT2D eigenvalue weighted by molar-refractivity contribution is 5.86. The number of carboxylic acid groups (broad SMARTS) is 1. The Hall–Kier alpha value is -4.20. The molecular weight excluding hydrogens is 497 g/mol. The summed E-state index contributed by atoms with van der Waals surface area (Å²) < 4.78 is 26.9. The van der Waals surface area contributed by atoms with Gasteiger partial charge in [-0.2, -0.15) is 0 Å². The number of halogens is 1. The average molecular weight is 530 g/mol. The van der Waals surface area contributed by atoms with Gasteiger partial charge in [-0.05, 0) is 79.6 Å². The minimum Gasteiger partial charge on any atom is -0.497 e. The number of rotatable bonds is 9. The molecule has 0 amide bonds. The Labute approximate surface area is 227 Å². The Kier molecular flexibility index (Phi) is 7.37. The number of imidazole rings is 1. The predicted octanol–water partition coefficient (Wildman–Crippen LogP) is 6.93. The van der Waals surface area contributed by atoms with Crippen molar-refractivity contribution in [1.29, 1.82) is 0 Å². The van der Waals surface area contributed by atoms with Crippen molar-refractivity contribution in [2.24, 2.45) is 5.41 Å². The molecule has 2 aromatic heterocycles. The van der Waals surface area contributed by atoms with Crippen molar-refractivity contribution in [2.75, 3.05) is 13.7 Å². The topological polar surface area (TPSA) is 97.3 Å². The first-order chi connectivity index (χ1) is 18.8. The monoisotopic (exact) mass is 529 g/mol. The van der Waals surface area contributed by atoms with Crippen LogP contribution in [-0.4, -0.2) is 39.7 Å². The number of allylic oxidation sites excluding steroid dienone is 6. The summed E-state index contributed by atoms with van der Waals surface area (Å²) in [5.41, 5.74) is 4.73. The molecule has 0 atom stereocenters. The molecule has 2 aliphatic carbocycles. The van der Waals surface area contributed by atoms with Gasteiger partial charge in [0, 0.05) is 17.8 Å². The van der Waals surface area contributed by atoms with E-state index >= 15 is 4.39 Å². The van der Waals surface area contributed by atoms with Gasteiger partial charge in [-0.15, -0.1) is 0 Å². The smallest absolute Gasteiger partial charge is 0.313 e. The molecule has 8 heteroatoms. The number of nitrogens with one attached hydrogen (secondary N) is 1. The van der Waals surface area contributed by atoms with Crippen LogP contribution in [-0.2, 0) is 4.79 Å². The Morgan fingerprint density at radius 3 is 2.56 bits per heavy atom. The lowest BCUT2D eigenvalue weighted by Crippen LogP contribution is -2.43. The molecule has 1 fully saturated rings. The maximum Gasteiger partial charge on any atom is 0.313 e. The summed E-state index contributed by atoms with van der Waals surface area (Å²) in [5.74, 6) is 0.436. The minimum atomic E-state index is -0.825. The molecule has 2 aliphatic rings. The van der Waals surface area contributed by atoms with E-state index in [2.05, 4.69) is 15.0 Å². The van der Waals surface area contributed by atoms with Crippen molar-refractivity contribution in [1.82, 2.24) is 15.0 Å². The zero-order chi connectivity index (χ0) is 27.6. The molecule has 7 nitrogen and oxygen atoms in total. The van der Waals surface area contributed by atoms with Gasteiger partial charge < -0.3 is 19.6 Å². The van der Waals surface area contributed by atoms with Gasteiger partial charge in [-0.1, -0.05) is 25.0 Å². The quantitative estimate of drug-likeness (QED) is 0.312. The lowest BCUT2D eigenvalue weighted by Gasteiger charge is -2.36. The fourth-order valence-corrected chi connectivity index (χ4v) is 5.07. The van der Waals surface area contributed by atoms with E-state index in [9.17, 15) is 9.90 Å². The number of pyridine rings is 1. The van der Waals surface area contributed by atoms with Gasteiger partial charge in [0.15, 0.2) is 0 Å². The molecule has 3 aromatic rings. The highest BCUT2D eigenvalue weighted by Gasteiger charge is 2.45. The van der Waals surface area contributed by atoms with Crippen molar-refractivity contribution in [2.45, 2.75) is 46.0 Å². The first kappa shape index (κ1) is 26.4. The van der Waals surface area contributed by atoms with Gasteiger partial charge in [-0.3, -0.25) is 4.79 Å². The van der Waals surface area contributed by atoms with Crippen LogP contribution in [0.3, 0.4) is 0 Å². The zero-order valence-corrected chi connectivity index (χ0v) is 22.4. The third-order valence-electron chi connectivity index (χ3n) is 7.74. The molecule has 0 aliphatic heterocycles. The molecule has 5 rings (SSSR count). The summed E-state index contributed by atoms with van der Waals surface area (Å²) in [6, 6.07) is 9.39. The molecule has 1 aromatic carbocycles. The summed E-state index contributed by atoms with van der Waals surface area (Å²) in [6.07, 6.45) is 10.3. The summed E-state index contributed by atoms with van der Waals surface area (Å²) in [6.45, 7) is 4.03. The van der Waals surface area contributed by atoms with Crippen LogP contribution in [0.2, 0.25) is 0 Å². The van der Waals surface area contributed by atoms with Crippen molar-refractivity contribution < 1.29 is 23.8 Å². The lowest BCUT2D eigenvalue weighted by atomic mass is 9.69. The molecule has 0 bridgehead atoms. The largest absolute Gasteiger partial charge is 0.497 e. The first-order valence-electron chi connectivity index (χ1n) is 13.2. The number of aryl methyl sites for hydroxylation is 1. The van der Waals surface area contributed by atoms with Gasteiger partial charge in [0.1, 0.15) is 29.4 Å². The number of ether oxygens (including phenoxy) is 2. The van der Waals surface area contributed by atoms with Crippen LogP contribution >= 0.6 is 0 Å². The van der Waals surface area contributed by atoms with Crippen molar-refractivity contribution >= 4 is 17.1 Å². The summed E-state index contributed by atoms with van der Waals surface area (Å²) in [4.78, 5) is 23.8. The Morgan fingerprint density at radius 2 is 1.95 bits per heavy atom. The molecular formula is C31H32FN3O4. The zero-order valence-electron chi connectivity index (χ0n) is 22.4. The van der Waals surface area contributed by atoms with E-state index in [-0.39, 0.29) is 12.4 Å². The normalized spacial score (nSPS) is 16.6. The van der Waals surface area contributed by atoms with Crippen LogP contribution < -0.4 is 9.47 Å². The predicted molar refractivity (Wildman–Crippen MR) is 148 cm³/mol. The molecule has 1 saturated carbocycles. The van der Waals surface area contributed by atoms with E-state index in [1.54, 1.807) is 25.6 Å². The van der Waals surface area contributed by atoms with Gasteiger partial charge in [-0.25, -0.2) is 14.4 Å². The second-order valence-corrected chi connectivity index (χ2v) is 10.1. The van der Waals surface area contributed by atoms with E-state index in [1.165, 1.54) is 6.08 Å². The van der Waals surface area contributed by atoms with Crippen molar-refractivity contribution in [3.8, 4) is 22.9 Å². The number of hydrogen-bond acceptors (Lipinski definition) is 5. The Balaban J connectivity index is 1.37. The number of aromatic nitrogens is 3. The van der Waals surface area contributed by atoms with E-state index < -0.39 is 11.4 Å². The van der Waals surface area contributed by atoms with Crippen LogP contribution in [0.5, 0.6) is 11.6 Å². The fraction of sp³-hybridized carbons (Fsp3) is 0.323. The lowest BCUT2D eigenvalue weighted by molar-refractivity contribution is -0.157. The molecule has 0 spiro atoms. The molecule has 0 saturated heterocycles.